The predicted molar refractivity (Wildman–Crippen MR) is 127 cm³/mol. The number of rotatable bonds is 7. The Morgan fingerprint density at radius 2 is 1.76 bits per heavy atom. The maximum atomic E-state index is 13.3. The van der Waals surface area contributed by atoms with Crippen molar-refractivity contribution >= 4 is 27.5 Å². The summed E-state index contributed by atoms with van der Waals surface area (Å²) in [7, 11) is -0.731. The molecule has 0 atom stereocenters. The van der Waals surface area contributed by atoms with E-state index in [0.29, 0.717) is 75.8 Å². The predicted octanol–water partition coefficient (Wildman–Crippen LogP) is 1.54. The van der Waals surface area contributed by atoms with Crippen molar-refractivity contribution in [1.29, 1.82) is 0 Å². The number of piperidine rings is 1. The Morgan fingerprint density at radius 1 is 1.12 bits per heavy atom. The number of amides is 2. The lowest BCUT2D eigenvalue weighted by atomic mass is 10.0. The highest BCUT2D eigenvalue weighted by Crippen LogP contribution is 2.27. The van der Waals surface area contributed by atoms with Crippen LogP contribution >= 0.6 is 0 Å². The third-order valence-corrected chi connectivity index (χ3v) is 7.92. The van der Waals surface area contributed by atoms with Crippen LogP contribution in [-0.4, -0.2) is 89.0 Å². The third kappa shape index (κ3) is 6.24. The molecule has 0 aromatic heterocycles. The van der Waals surface area contributed by atoms with E-state index in [1.807, 2.05) is 18.7 Å². The van der Waals surface area contributed by atoms with Gasteiger partial charge in [0, 0.05) is 58.4 Å². The van der Waals surface area contributed by atoms with Gasteiger partial charge in [-0.25, -0.2) is 12.7 Å². The van der Waals surface area contributed by atoms with Crippen LogP contribution in [0.2, 0.25) is 0 Å². The van der Waals surface area contributed by atoms with Crippen molar-refractivity contribution in [1.82, 2.24) is 14.5 Å². The molecule has 3 rings (SSSR count). The van der Waals surface area contributed by atoms with Gasteiger partial charge in [-0.05, 0) is 37.0 Å². The largest absolute Gasteiger partial charge is 0.378 e. The third-order valence-electron chi connectivity index (χ3n) is 6.11. The van der Waals surface area contributed by atoms with Crippen molar-refractivity contribution in [3.8, 4) is 0 Å². The number of sulfonamides is 1. The molecule has 2 heterocycles. The number of benzene rings is 1. The van der Waals surface area contributed by atoms with Crippen LogP contribution in [0.25, 0.3) is 0 Å². The molecule has 9 nitrogen and oxygen atoms in total. The van der Waals surface area contributed by atoms with Gasteiger partial charge in [-0.15, -0.1) is 0 Å². The Kier molecular flexibility index (Phi) is 8.36. The van der Waals surface area contributed by atoms with Crippen molar-refractivity contribution in [3.63, 3.8) is 0 Å². The van der Waals surface area contributed by atoms with Crippen LogP contribution in [0.1, 0.15) is 43.5 Å². The molecule has 2 amide bonds. The second kappa shape index (κ2) is 10.8. The van der Waals surface area contributed by atoms with E-state index in [9.17, 15) is 18.0 Å². The Labute approximate surface area is 197 Å². The summed E-state index contributed by atoms with van der Waals surface area (Å²) in [6, 6.07) is 4.67. The first-order chi connectivity index (χ1) is 15.6. The number of morpholine rings is 1. The van der Waals surface area contributed by atoms with Crippen LogP contribution in [0.5, 0.6) is 0 Å². The minimum Gasteiger partial charge on any atom is -0.378 e. The first-order valence-corrected chi connectivity index (χ1v) is 13.0. The summed E-state index contributed by atoms with van der Waals surface area (Å²) >= 11 is 0. The number of hydrogen-bond donors (Lipinski definition) is 1. The second-order valence-corrected chi connectivity index (χ2v) is 11.4. The van der Waals surface area contributed by atoms with Crippen molar-refractivity contribution in [2.45, 2.75) is 44.0 Å². The average molecular weight is 481 g/mol. The summed E-state index contributed by atoms with van der Waals surface area (Å²) in [4.78, 5) is 29.7. The maximum Gasteiger partial charge on any atom is 0.253 e. The number of nitrogens with zero attached hydrogens (tertiary/aromatic N) is 3. The summed E-state index contributed by atoms with van der Waals surface area (Å²) < 4.78 is 31.9. The lowest BCUT2D eigenvalue weighted by molar-refractivity contribution is -0.133. The van der Waals surface area contributed by atoms with Gasteiger partial charge in [0.1, 0.15) is 0 Å². The first-order valence-electron chi connectivity index (χ1n) is 11.6. The minimum atomic E-state index is -3.67. The molecule has 1 aromatic rings. The number of ether oxygens (including phenoxy) is 1. The summed E-state index contributed by atoms with van der Waals surface area (Å²) in [5, 5.41) is 3.08. The van der Waals surface area contributed by atoms with Crippen LogP contribution < -0.4 is 10.2 Å². The van der Waals surface area contributed by atoms with Crippen molar-refractivity contribution < 1.29 is 22.7 Å². The molecule has 2 aliphatic heterocycles. The fourth-order valence-corrected chi connectivity index (χ4v) is 5.09. The summed E-state index contributed by atoms with van der Waals surface area (Å²) in [5.41, 5.74) is 1.05. The lowest BCUT2D eigenvalue weighted by Gasteiger charge is -2.34. The van der Waals surface area contributed by atoms with Crippen LogP contribution in [0.3, 0.4) is 0 Å². The number of anilines is 1. The molecule has 2 aliphatic rings. The van der Waals surface area contributed by atoms with Crippen LogP contribution in [0.4, 0.5) is 5.69 Å². The topological polar surface area (TPSA) is 99.3 Å². The standard InChI is InChI=1S/C23H36N4O5S/c1-17(2)15-22(28)27-9-7-18(8-10-27)24-23(29)20-16-19(33(30,31)25(3)4)5-6-21(20)26-11-13-32-14-12-26/h5-6,16-18H,7-15H2,1-4H3,(H,24,29). The minimum absolute atomic E-state index is 0.0627. The molecule has 10 heteroatoms. The highest BCUT2D eigenvalue weighted by atomic mass is 32.2. The molecule has 184 valence electrons. The van der Waals surface area contributed by atoms with E-state index in [0.717, 1.165) is 4.31 Å². The van der Waals surface area contributed by atoms with E-state index in [4.69, 9.17) is 4.74 Å². The number of hydrogen-bond acceptors (Lipinski definition) is 6. The van der Waals surface area contributed by atoms with Gasteiger partial charge in [0.15, 0.2) is 0 Å². The van der Waals surface area contributed by atoms with Crippen molar-refractivity contribution in [2.75, 3.05) is 58.4 Å². The number of carbonyl (C=O) groups excluding carboxylic acids is 2. The quantitative estimate of drug-likeness (QED) is 0.636. The first kappa shape index (κ1) is 25.5. The second-order valence-electron chi connectivity index (χ2n) is 9.29. The van der Waals surface area contributed by atoms with Gasteiger partial charge in [0.05, 0.1) is 23.7 Å². The number of carbonyl (C=O) groups is 2. The Bertz CT molecular complexity index is 950. The molecular formula is C23H36N4O5S. The molecular weight excluding hydrogens is 444 g/mol. The zero-order valence-corrected chi connectivity index (χ0v) is 20.9. The molecule has 33 heavy (non-hydrogen) atoms. The smallest absolute Gasteiger partial charge is 0.253 e. The summed E-state index contributed by atoms with van der Waals surface area (Å²) in [6.45, 7) is 7.67. The van der Waals surface area contributed by atoms with E-state index in [-0.39, 0.29) is 22.8 Å². The molecule has 1 aromatic carbocycles. The van der Waals surface area contributed by atoms with E-state index in [2.05, 4.69) is 10.2 Å². The fourth-order valence-electron chi connectivity index (χ4n) is 4.16. The van der Waals surface area contributed by atoms with Gasteiger partial charge < -0.3 is 19.9 Å². The zero-order chi connectivity index (χ0) is 24.2. The molecule has 0 saturated carbocycles. The molecule has 0 radical (unpaired) electrons. The van der Waals surface area contributed by atoms with Gasteiger partial charge in [-0.1, -0.05) is 13.8 Å². The molecule has 0 aliphatic carbocycles. The molecule has 0 bridgehead atoms. The van der Waals surface area contributed by atoms with Gasteiger partial charge >= 0.3 is 0 Å². The van der Waals surface area contributed by atoms with E-state index < -0.39 is 10.0 Å². The van der Waals surface area contributed by atoms with Crippen molar-refractivity contribution in [2.24, 2.45) is 5.92 Å². The fraction of sp³-hybridized carbons (Fsp3) is 0.652. The van der Waals surface area contributed by atoms with Crippen LogP contribution in [0.15, 0.2) is 23.1 Å². The normalized spacial score (nSPS) is 18.1. The highest BCUT2D eigenvalue weighted by Gasteiger charge is 2.28. The molecule has 2 saturated heterocycles. The zero-order valence-electron chi connectivity index (χ0n) is 20.0. The van der Waals surface area contributed by atoms with Gasteiger partial charge in [0.2, 0.25) is 15.9 Å². The molecule has 2 fully saturated rings. The molecule has 0 unspecified atom stereocenters. The molecule has 0 spiro atoms. The van der Waals surface area contributed by atoms with Crippen molar-refractivity contribution in [3.05, 3.63) is 23.8 Å². The monoisotopic (exact) mass is 480 g/mol. The van der Waals surface area contributed by atoms with Crippen LogP contribution in [0, 0.1) is 5.92 Å². The van der Waals surface area contributed by atoms with Gasteiger partial charge in [-0.2, -0.15) is 0 Å². The van der Waals surface area contributed by atoms with E-state index >= 15 is 0 Å². The Morgan fingerprint density at radius 3 is 2.33 bits per heavy atom. The van der Waals surface area contributed by atoms with Crippen LogP contribution in [-0.2, 0) is 19.6 Å². The SMILES string of the molecule is CC(C)CC(=O)N1CCC(NC(=O)c2cc(S(=O)(=O)N(C)C)ccc2N2CCOCC2)CC1. The highest BCUT2D eigenvalue weighted by molar-refractivity contribution is 7.89. The van der Waals surface area contributed by atoms with Gasteiger partial charge in [0.25, 0.3) is 5.91 Å². The lowest BCUT2D eigenvalue weighted by Crippen LogP contribution is -2.47. The Balaban J connectivity index is 1.77. The summed E-state index contributed by atoms with van der Waals surface area (Å²) in [6.07, 6.45) is 1.89. The Hall–Kier alpha value is -2.17. The number of nitrogens with one attached hydrogen (secondary N) is 1. The van der Waals surface area contributed by atoms with Gasteiger partial charge in [-0.3, -0.25) is 9.59 Å². The number of likely N-dealkylation sites (tertiary alicyclic amines) is 1. The summed E-state index contributed by atoms with van der Waals surface area (Å²) in [5.74, 6) is 0.185. The molecule has 1 N–H and O–H groups in total. The van der Waals surface area contributed by atoms with E-state index in [1.54, 1.807) is 12.1 Å². The van der Waals surface area contributed by atoms with E-state index in [1.165, 1.54) is 20.2 Å². The maximum absolute atomic E-state index is 13.3. The average Bonchev–Trinajstić information content (AvgIpc) is 2.79.